The second kappa shape index (κ2) is 3.06. The highest BCUT2D eigenvalue weighted by molar-refractivity contribution is 5.70. The van der Waals surface area contributed by atoms with E-state index in [1.54, 1.807) is 0 Å². The van der Waals surface area contributed by atoms with E-state index >= 15 is 0 Å². The van der Waals surface area contributed by atoms with Crippen LogP contribution < -0.4 is 0 Å². The fraction of sp³-hybridized carbons (Fsp3) is 0.429. The molecular weight excluding hydrogens is 144 g/mol. The van der Waals surface area contributed by atoms with Crippen LogP contribution >= 0.6 is 0 Å². The number of allylic oxidation sites excluding steroid dienone is 1. The van der Waals surface area contributed by atoms with Gasteiger partial charge in [0.1, 0.15) is 0 Å². The van der Waals surface area contributed by atoms with Gasteiger partial charge in [-0.1, -0.05) is 0 Å². The highest BCUT2D eigenvalue weighted by atomic mass is 16.5. The van der Waals surface area contributed by atoms with Gasteiger partial charge < -0.3 is 9.64 Å². The lowest BCUT2D eigenvalue weighted by atomic mass is 10.1. The van der Waals surface area contributed by atoms with Crippen molar-refractivity contribution in [2.45, 2.75) is 0 Å². The van der Waals surface area contributed by atoms with Crippen LogP contribution in [0.1, 0.15) is 0 Å². The van der Waals surface area contributed by atoms with E-state index in [0.29, 0.717) is 13.1 Å². The number of rotatable bonds is 0. The molecule has 0 aromatic carbocycles. The predicted octanol–water partition coefficient (Wildman–Crippen LogP) is 0.518. The summed E-state index contributed by atoms with van der Waals surface area (Å²) in [5.41, 5.74) is 0.970. The summed E-state index contributed by atoms with van der Waals surface area (Å²) >= 11 is 0. The largest absolute Gasteiger partial charge is 0.453 e. The minimum atomic E-state index is -0.333. The van der Waals surface area contributed by atoms with E-state index in [1.165, 1.54) is 18.1 Å². The maximum absolute atomic E-state index is 10.7. The Balaban J connectivity index is 2.36. The lowest BCUT2D eigenvalue weighted by molar-refractivity contribution is 0.117. The molecule has 0 radical (unpaired) electrons. The fourth-order valence-corrected chi connectivity index (χ4v) is 0.885. The summed E-state index contributed by atoms with van der Waals surface area (Å²) in [6.07, 6.45) is 1.12. The summed E-state index contributed by atoms with van der Waals surface area (Å²) in [5, 5.41) is 8.22. The zero-order valence-electron chi connectivity index (χ0n) is 6.20. The Labute approximate surface area is 64.7 Å². The van der Waals surface area contributed by atoms with Crippen molar-refractivity contribution in [2.75, 3.05) is 20.2 Å². The Kier molecular flexibility index (Phi) is 2.12. The second-order valence-corrected chi connectivity index (χ2v) is 2.26. The Hall–Kier alpha value is -1.50. The van der Waals surface area contributed by atoms with Gasteiger partial charge in [-0.25, -0.2) is 4.79 Å². The summed E-state index contributed by atoms with van der Waals surface area (Å²) in [5.74, 6) is 0. The van der Waals surface area contributed by atoms with Gasteiger partial charge in [0, 0.05) is 19.2 Å². The first-order chi connectivity index (χ1) is 5.27. The normalized spacial score (nSPS) is 14.9. The minimum Gasteiger partial charge on any atom is -0.453 e. The van der Waals surface area contributed by atoms with Gasteiger partial charge in [-0.05, 0) is 5.57 Å². The molecule has 1 heterocycles. The fourth-order valence-electron chi connectivity index (χ4n) is 0.885. The number of ether oxygens (including phenoxy) is 1. The van der Waals surface area contributed by atoms with Gasteiger partial charge >= 0.3 is 6.09 Å². The van der Waals surface area contributed by atoms with E-state index in [1.807, 2.05) is 6.07 Å². The molecule has 0 spiro atoms. The van der Waals surface area contributed by atoms with E-state index < -0.39 is 0 Å². The van der Waals surface area contributed by atoms with Crippen LogP contribution in [-0.2, 0) is 4.74 Å². The average Bonchev–Trinajstić information content (AvgIpc) is 1.94. The molecule has 1 aliphatic rings. The molecule has 4 heteroatoms. The number of methoxy groups -OCH3 is 1. The molecule has 11 heavy (non-hydrogen) atoms. The molecule has 58 valence electrons. The third kappa shape index (κ3) is 1.49. The van der Waals surface area contributed by atoms with Crippen LogP contribution in [0.4, 0.5) is 4.79 Å². The smallest absolute Gasteiger partial charge is 0.410 e. The van der Waals surface area contributed by atoms with Crippen LogP contribution in [0.25, 0.3) is 0 Å². The minimum absolute atomic E-state index is 0.333. The number of carbonyl (C=O) groups excluding carboxylic acids is 1. The van der Waals surface area contributed by atoms with Gasteiger partial charge in [0.25, 0.3) is 0 Å². The molecule has 0 bridgehead atoms. The van der Waals surface area contributed by atoms with Crippen molar-refractivity contribution in [2.24, 2.45) is 0 Å². The first-order valence-corrected chi connectivity index (χ1v) is 3.18. The summed E-state index contributed by atoms with van der Waals surface area (Å²) in [7, 11) is 1.34. The monoisotopic (exact) mass is 152 g/mol. The van der Waals surface area contributed by atoms with Crippen LogP contribution in [0.5, 0.6) is 0 Å². The molecule has 0 N–H and O–H groups in total. The number of likely N-dealkylation sites (tertiary alicyclic amines) is 1. The molecule has 0 saturated carbocycles. The Bertz CT molecular complexity index is 231. The number of hydrogen-bond acceptors (Lipinski definition) is 3. The van der Waals surface area contributed by atoms with Crippen molar-refractivity contribution >= 4 is 6.09 Å². The molecule has 1 aliphatic heterocycles. The third-order valence-electron chi connectivity index (χ3n) is 1.49. The quantitative estimate of drug-likeness (QED) is 0.475. The molecule has 1 amide bonds. The molecule has 0 aliphatic carbocycles. The van der Waals surface area contributed by atoms with Crippen LogP contribution in [0.15, 0.2) is 11.6 Å². The first kappa shape index (κ1) is 7.61. The first-order valence-electron chi connectivity index (χ1n) is 3.18. The Morgan fingerprint density at radius 3 is 2.91 bits per heavy atom. The molecule has 4 nitrogen and oxygen atoms in total. The molecule has 1 rings (SSSR count). The van der Waals surface area contributed by atoms with E-state index in [-0.39, 0.29) is 6.09 Å². The lowest BCUT2D eigenvalue weighted by Crippen LogP contribution is -2.44. The van der Waals surface area contributed by atoms with Crippen LogP contribution in [0.2, 0.25) is 0 Å². The van der Waals surface area contributed by atoms with Crippen molar-refractivity contribution in [3.8, 4) is 6.07 Å². The van der Waals surface area contributed by atoms with E-state index in [9.17, 15) is 4.79 Å². The molecule has 0 aromatic rings. The number of nitriles is 1. The van der Waals surface area contributed by atoms with E-state index in [2.05, 4.69) is 4.74 Å². The van der Waals surface area contributed by atoms with Crippen molar-refractivity contribution < 1.29 is 9.53 Å². The maximum Gasteiger partial charge on any atom is 0.410 e. The summed E-state index contributed by atoms with van der Waals surface area (Å²) < 4.78 is 4.46. The van der Waals surface area contributed by atoms with Crippen molar-refractivity contribution in [3.05, 3.63) is 11.6 Å². The van der Waals surface area contributed by atoms with Crippen molar-refractivity contribution in [3.63, 3.8) is 0 Å². The highest BCUT2D eigenvalue weighted by Gasteiger charge is 2.25. The number of amides is 1. The van der Waals surface area contributed by atoms with Crippen molar-refractivity contribution in [1.82, 2.24) is 4.90 Å². The number of hydrogen-bond donors (Lipinski definition) is 0. The van der Waals surface area contributed by atoms with Gasteiger partial charge in [-0.3, -0.25) is 0 Å². The molecule has 0 aromatic heterocycles. The lowest BCUT2D eigenvalue weighted by Gasteiger charge is -2.31. The Morgan fingerprint density at radius 1 is 1.82 bits per heavy atom. The zero-order valence-corrected chi connectivity index (χ0v) is 6.20. The Morgan fingerprint density at radius 2 is 2.45 bits per heavy atom. The second-order valence-electron chi connectivity index (χ2n) is 2.26. The van der Waals surface area contributed by atoms with Crippen LogP contribution in [-0.4, -0.2) is 31.2 Å². The third-order valence-corrected chi connectivity index (χ3v) is 1.49. The number of carbonyl (C=O) groups is 1. The topological polar surface area (TPSA) is 53.3 Å². The summed E-state index contributed by atoms with van der Waals surface area (Å²) in [4.78, 5) is 12.3. The van der Waals surface area contributed by atoms with Crippen molar-refractivity contribution in [1.29, 1.82) is 5.26 Å². The van der Waals surface area contributed by atoms with Gasteiger partial charge in [0.05, 0.1) is 13.2 Å². The molecular formula is C7H8N2O2. The summed E-state index contributed by atoms with van der Waals surface area (Å²) in [6.45, 7) is 1.06. The highest BCUT2D eigenvalue weighted by Crippen LogP contribution is 2.14. The van der Waals surface area contributed by atoms with Crippen LogP contribution in [0, 0.1) is 11.3 Å². The van der Waals surface area contributed by atoms with Gasteiger partial charge in [0.2, 0.25) is 0 Å². The van der Waals surface area contributed by atoms with Gasteiger partial charge in [-0.2, -0.15) is 5.26 Å². The number of nitrogens with zero attached hydrogens (tertiary/aromatic N) is 2. The van der Waals surface area contributed by atoms with E-state index in [4.69, 9.17) is 5.26 Å². The predicted molar refractivity (Wildman–Crippen MR) is 37.7 cm³/mol. The average molecular weight is 152 g/mol. The van der Waals surface area contributed by atoms with Crippen LogP contribution in [0.3, 0.4) is 0 Å². The van der Waals surface area contributed by atoms with E-state index in [0.717, 1.165) is 5.57 Å². The maximum atomic E-state index is 10.7. The standard InChI is InChI=1S/C7H8N2O2/c1-11-7(10)9-4-6(5-9)2-3-8/h2H,4-5H2,1H3. The summed E-state index contributed by atoms with van der Waals surface area (Å²) in [6, 6.07) is 1.91. The molecule has 0 unspecified atom stereocenters. The molecule has 1 saturated heterocycles. The zero-order chi connectivity index (χ0) is 8.27. The molecule has 0 atom stereocenters. The molecule has 1 fully saturated rings. The SMILES string of the molecule is COC(=O)N1CC(=CC#N)C1. The van der Waals surface area contributed by atoms with Gasteiger partial charge in [0.15, 0.2) is 0 Å². The van der Waals surface area contributed by atoms with Gasteiger partial charge in [-0.15, -0.1) is 0 Å².